The van der Waals surface area contributed by atoms with Crippen molar-refractivity contribution in [2.75, 3.05) is 5.75 Å². The second-order valence-corrected chi connectivity index (χ2v) is 3.22. The van der Waals surface area contributed by atoms with E-state index < -0.39 is 28.6 Å². The first-order valence-electron chi connectivity index (χ1n) is 2.44. The third-order valence-electron chi connectivity index (χ3n) is 0.603. The van der Waals surface area contributed by atoms with E-state index in [0.29, 0.717) is 0 Å². The molecular weight excluding hydrogens is 247 g/mol. The summed E-state index contributed by atoms with van der Waals surface area (Å²) < 4.78 is 75.4. The van der Waals surface area contributed by atoms with Gasteiger partial charge in [0.05, 0.1) is 0 Å². The van der Waals surface area contributed by atoms with Crippen LogP contribution in [0.5, 0.6) is 0 Å². The van der Waals surface area contributed by atoms with Crippen LogP contribution in [-0.2, 0) is 14.9 Å². The predicted octanol–water partition coefficient (Wildman–Crippen LogP) is 0.325. The monoisotopic (exact) mass is 251 g/mol. The fourth-order valence-corrected chi connectivity index (χ4v) is 0.744. The van der Waals surface area contributed by atoms with Gasteiger partial charge in [0.25, 0.3) is 10.1 Å². The number of halogens is 4. The molecule has 1 radical (unpaired) electrons. The number of hydrogen-bond acceptors (Lipinski definition) is 3. The zero-order valence-corrected chi connectivity index (χ0v) is 10.3. The Labute approximate surface area is 114 Å². The van der Waals surface area contributed by atoms with Gasteiger partial charge in [0.1, 0.15) is 5.75 Å². The third kappa shape index (κ3) is 13.2. The van der Waals surface area contributed by atoms with Crippen molar-refractivity contribution in [2.45, 2.75) is 12.7 Å². The van der Waals surface area contributed by atoms with Crippen molar-refractivity contribution in [3.63, 3.8) is 0 Å². The Kier molecular flexibility index (Phi) is 7.62. The minimum atomic E-state index is -5.26. The summed E-state index contributed by atoms with van der Waals surface area (Å²) in [6.45, 7) is 0. The molecule has 0 heterocycles. The van der Waals surface area contributed by atoms with Crippen LogP contribution in [0.1, 0.15) is 0 Å². The maximum atomic E-state index is 11.9. The van der Waals surface area contributed by atoms with Gasteiger partial charge in [-0.15, -0.1) is 13.2 Å². The molecule has 0 aromatic rings. The van der Waals surface area contributed by atoms with Crippen molar-refractivity contribution in [3.8, 4) is 0 Å². The molecule has 0 bridgehead atoms. The summed E-state index contributed by atoms with van der Waals surface area (Å²) in [7, 11) is -4.80. The zero-order valence-electron chi connectivity index (χ0n) is 6.38. The maximum absolute atomic E-state index is 11.9. The van der Waals surface area contributed by atoms with Crippen LogP contribution >= 0.6 is 0 Å². The standard InChI is InChI=1S/C3H4F4O4S.K/c4-2(1-12(8,9)10)11-3(5,6)7;/h2H,1H2,(H,8,9,10);. The molecule has 0 spiro atoms. The van der Waals surface area contributed by atoms with E-state index in [-0.39, 0.29) is 51.4 Å². The zero-order chi connectivity index (χ0) is 9.99. The molecule has 1 unspecified atom stereocenters. The second kappa shape index (κ2) is 5.95. The minimum absolute atomic E-state index is 0. The van der Waals surface area contributed by atoms with E-state index in [1.54, 1.807) is 0 Å². The molecule has 0 aliphatic heterocycles. The topological polar surface area (TPSA) is 63.6 Å². The maximum Gasteiger partial charge on any atom is 0.525 e. The molecule has 0 aromatic heterocycles. The molecule has 0 saturated heterocycles. The molecule has 0 aromatic carbocycles. The normalized spacial score (nSPS) is 14.8. The second-order valence-electron chi connectivity index (χ2n) is 1.72. The summed E-state index contributed by atoms with van der Waals surface area (Å²) in [5, 5.41) is 0. The average molecular weight is 251 g/mol. The van der Waals surface area contributed by atoms with Gasteiger partial charge < -0.3 is 0 Å². The molecule has 0 fully saturated rings. The molecule has 75 valence electrons. The summed E-state index contributed by atoms with van der Waals surface area (Å²) in [4.78, 5) is 0. The van der Waals surface area contributed by atoms with E-state index in [0.717, 1.165) is 0 Å². The molecule has 10 heteroatoms. The first-order valence-corrected chi connectivity index (χ1v) is 4.05. The van der Waals surface area contributed by atoms with Crippen molar-refractivity contribution in [3.05, 3.63) is 0 Å². The molecule has 0 aliphatic carbocycles. The Morgan fingerprint density at radius 1 is 1.38 bits per heavy atom. The molecule has 13 heavy (non-hydrogen) atoms. The smallest absolute Gasteiger partial charge is 0.285 e. The molecule has 1 atom stereocenters. The summed E-state index contributed by atoms with van der Waals surface area (Å²) in [5.41, 5.74) is 0. The Hall–Kier alpha value is 1.23. The number of hydrogen-bond donors (Lipinski definition) is 1. The van der Waals surface area contributed by atoms with Crippen molar-refractivity contribution in [1.82, 2.24) is 0 Å². The van der Waals surface area contributed by atoms with Crippen molar-refractivity contribution >= 4 is 61.5 Å². The molecule has 4 nitrogen and oxygen atoms in total. The molecule has 0 rings (SSSR count). The third-order valence-corrected chi connectivity index (χ3v) is 1.29. The Balaban J connectivity index is 0. The van der Waals surface area contributed by atoms with Crippen LogP contribution in [-0.4, -0.2) is 82.8 Å². The molecule has 0 aliphatic rings. The summed E-state index contributed by atoms with van der Waals surface area (Å²) in [6.07, 6.45) is -8.37. The molecule has 1 N–H and O–H groups in total. The predicted molar refractivity (Wildman–Crippen MR) is 34.2 cm³/mol. The summed E-state index contributed by atoms with van der Waals surface area (Å²) in [6, 6.07) is 0. The summed E-state index contributed by atoms with van der Waals surface area (Å²) >= 11 is 0. The van der Waals surface area contributed by atoms with Crippen molar-refractivity contribution in [2.24, 2.45) is 0 Å². The quantitative estimate of drug-likeness (QED) is 0.446. The van der Waals surface area contributed by atoms with Crippen LogP contribution in [0, 0.1) is 0 Å². The van der Waals surface area contributed by atoms with Gasteiger partial charge in [-0.05, 0) is 0 Å². The van der Waals surface area contributed by atoms with Crippen LogP contribution in [0.2, 0.25) is 0 Å². The van der Waals surface area contributed by atoms with Gasteiger partial charge in [0, 0.05) is 51.4 Å². The van der Waals surface area contributed by atoms with Crippen LogP contribution in [0.3, 0.4) is 0 Å². The van der Waals surface area contributed by atoms with E-state index in [4.69, 9.17) is 4.55 Å². The van der Waals surface area contributed by atoms with E-state index in [9.17, 15) is 26.0 Å². The van der Waals surface area contributed by atoms with E-state index in [2.05, 4.69) is 4.74 Å². The first-order chi connectivity index (χ1) is 5.10. The van der Waals surface area contributed by atoms with Crippen molar-refractivity contribution in [1.29, 1.82) is 0 Å². The fraction of sp³-hybridized carbons (Fsp3) is 1.00. The van der Waals surface area contributed by atoms with E-state index in [1.807, 2.05) is 0 Å². The van der Waals surface area contributed by atoms with Gasteiger partial charge >= 0.3 is 6.36 Å². The van der Waals surface area contributed by atoms with Crippen molar-refractivity contribution < 1.29 is 35.3 Å². The Bertz CT molecular complexity index is 236. The average Bonchev–Trinajstić information content (AvgIpc) is 1.49. The number of ether oxygens (including phenoxy) is 1. The largest absolute Gasteiger partial charge is 0.525 e. The Morgan fingerprint density at radius 2 is 1.77 bits per heavy atom. The van der Waals surface area contributed by atoms with Gasteiger partial charge in [-0.25, -0.2) is 4.39 Å². The van der Waals surface area contributed by atoms with E-state index >= 15 is 0 Å². The van der Waals surface area contributed by atoms with Crippen LogP contribution in [0.15, 0.2) is 0 Å². The van der Waals surface area contributed by atoms with Gasteiger partial charge in [0.2, 0.25) is 6.36 Å². The Morgan fingerprint density at radius 3 is 2.00 bits per heavy atom. The number of alkyl halides is 4. The number of rotatable bonds is 3. The van der Waals surface area contributed by atoms with Gasteiger partial charge in [-0.1, -0.05) is 0 Å². The molecule has 0 saturated carbocycles. The first kappa shape index (κ1) is 16.6. The fourth-order valence-electron chi connectivity index (χ4n) is 0.345. The SMILES string of the molecule is O=S(=O)(O)CC(F)OC(F)(F)F.[K]. The van der Waals surface area contributed by atoms with Crippen LogP contribution < -0.4 is 0 Å². The molecule has 0 amide bonds. The minimum Gasteiger partial charge on any atom is -0.285 e. The van der Waals surface area contributed by atoms with Crippen LogP contribution in [0.4, 0.5) is 17.6 Å². The van der Waals surface area contributed by atoms with Gasteiger partial charge in [0.15, 0.2) is 0 Å². The molecular formula is C3H4F4KO4S. The van der Waals surface area contributed by atoms with Gasteiger partial charge in [-0.3, -0.25) is 9.29 Å². The van der Waals surface area contributed by atoms with Crippen LogP contribution in [0.25, 0.3) is 0 Å². The summed E-state index contributed by atoms with van der Waals surface area (Å²) in [5.74, 6) is -1.74. The van der Waals surface area contributed by atoms with E-state index in [1.165, 1.54) is 0 Å². The van der Waals surface area contributed by atoms with Gasteiger partial charge in [-0.2, -0.15) is 8.42 Å².